The minimum atomic E-state index is 0.200. The molecule has 0 bridgehead atoms. The molecule has 3 saturated carbocycles. The molecule has 0 aromatic rings. The predicted octanol–water partition coefficient (Wildman–Crippen LogP) is 5.38. The van der Waals surface area contributed by atoms with Crippen molar-refractivity contribution >= 4 is 0 Å². The maximum atomic E-state index is 8.96. The Labute approximate surface area is 164 Å². The van der Waals surface area contributed by atoms with Crippen LogP contribution < -0.4 is 0 Å². The summed E-state index contributed by atoms with van der Waals surface area (Å²) in [5.74, 6) is 2.54. The van der Waals surface area contributed by atoms with Gasteiger partial charge in [-0.05, 0) is 68.6 Å². The van der Waals surface area contributed by atoms with Gasteiger partial charge in [-0.25, -0.2) is 14.7 Å². The van der Waals surface area contributed by atoms with Crippen LogP contribution in [0.25, 0.3) is 0 Å². The van der Waals surface area contributed by atoms with E-state index in [-0.39, 0.29) is 6.10 Å². The third-order valence-corrected chi connectivity index (χ3v) is 7.37. The first-order valence-electron chi connectivity index (χ1n) is 11.4. The van der Waals surface area contributed by atoms with Crippen molar-refractivity contribution in [1.82, 2.24) is 0 Å². The average molecular weight is 385 g/mol. The standard InChI is InChI=1S/C22H40O5/c1-24-21-9-11-22(12-10-21)27-26-16-20-14-18(7-8-19(20)15-25-23)13-17-5-3-2-4-6-17/h17-23H,2-16H2,1H3. The number of hydrogen-bond donors (Lipinski definition) is 1. The summed E-state index contributed by atoms with van der Waals surface area (Å²) in [7, 11) is 1.79. The zero-order valence-corrected chi connectivity index (χ0v) is 17.2. The van der Waals surface area contributed by atoms with Gasteiger partial charge >= 0.3 is 0 Å². The summed E-state index contributed by atoms with van der Waals surface area (Å²) in [5, 5.41) is 8.96. The number of hydrogen-bond acceptors (Lipinski definition) is 5. The van der Waals surface area contributed by atoms with Gasteiger partial charge in [0.1, 0.15) is 0 Å². The van der Waals surface area contributed by atoms with Crippen LogP contribution in [0.15, 0.2) is 0 Å². The molecule has 3 aliphatic rings. The van der Waals surface area contributed by atoms with Gasteiger partial charge in [0.25, 0.3) is 0 Å². The molecule has 0 radical (unpaired) electrons. The van der Waals surface area contributed by atoms with E-state index in [1.807, 2.05) is 0 Å². The molecule has 0 aromatic heterocycles. The summed E-state index contributed by atoms with van der Waals surface area (Å²) in [5.41, 5.74) is 0. The monoisotopic (exact) mass is 384 g/mol. The van der Waals surface area contributed by atoms with Gasteiger partial charge in [0.15, 0.2) is 0 Å². The predicted molar refractivity (Wildman–Crippen MR) is 104 cm³/mol. The SMILES string of the molecule is COC1CCC(OOCC2CC(CC3CCCCC3)CCC2COO)CC1. The second kappa shape index (κ2) is 11.7. The van der Waals surface area contributed by atoms with Crippen LogP contribution in [0.1, 0.15) is 83.5 Å². The van der Waals surface area contributed by atoms with Crippen molar-refractivity contribution < 1.29 is 24.7 Å². The fourth-order valence-corrected chi connectivity index (χ4v) is 5.64. The number of rotatable bonds is 9. The van der Waals surface area contributed by atoms with Gasteiger partial charge in [-0.15, -0.1) is 0 Å². The first-order chi connectivity index (χ1) is 13.3. The molecule has 3 aliphatic carbocycles. The largest absolute Gasteiger partial charge is 0.381 e. The van der Waals surface area contributed by atoms with Crippen molar-refractivity contribution in [1.29, 1.82) is 0 Å². The molecule has 0 spiro atoms. The van der Waals surface area contributed by atoms with E-state index in [0.29, 0.717) is 31.2 Å². The summed E-state index contributed by atoms with van der Waals surface area (Å²) in [6.07, 6.45) is 16.8. The Balaban J connectivity index is 1.40. The zero-order chi connectivity index (χ0) is 18.9. The number of methoxy groups -OCH3 is 1. The van der Waals surface area contributed by atoms with Crippen LogP contribution in [0.2, 0.25) is 0 Å². The van der Waals surface area contributed by atoms with Crippen molar-refractivity contribution in [2.75, 3.05) is 20.3 Å². The van der Waals surface area contributed by atoms with E-state index in [1.54, 1.807) is 7.11 Å². The van der Waals surface area contributed by atoms with E-state index in [1.165, 1.54) is 51.4 Å². The maximum Gasteiger partial charge on any atom is 0.0931 e. The third kappa shape index (κ3) is 6.97. The highest BCUT2D eigenvalue weighted by molar-refractivity contribution is 4.82. The topological polar surface area (TPSA) is 57.2 Å². The molecule has 1 N–H and O–H groups in total. The van der Waals surface area contributed by atoms with Crippen molar-refractivity contribution in [3.63, 3.8) is 0 Å². The van der Waals surface area contributed by atoms with Gasteiger partial charge in [0.2, 0.25) is 0 Å². The molecule has 0 saturated heterocycles. The highest BCUT2D eigenvalue weighted by Crippen LogP contribution is 2.40. The summed E-state index contributed by atoms with van der Waals surface area (Å²) >= 11 is 0. The molecular weight excluding hydrogens is 344 g/mol. The van der Waals surface area contributed by atoms with Crippen LogP contribution in [0.5, 0.6) is 0 Å². The molecule has 0 amide bonds. The maximum absolute atomic E-state index is 8.96. The van der Waals surface area contributed by atoms with Gasteiger partial charge in [0.05, 0.1) is 25.4 Å². The second-order valence-corrected chi connectivity index (χ2v) is 9.25. The summed E-state index contributed by atoms with van der Waals surface area (Å²) < 4.78 is 5.42. The van der Waals surface area contributed by atoms with Crippen molar-refractivity contribution in [3.05, 3.63) is 0 Å². The Bertz CT molecular complexity index is 390. The molecule has 27 heavy (non-hydrogen) atoms. The molecule has 3 atom stereocenters. The Morgan fingerprint density at radius 1 is 0.741 bits per heavy atom. The molecule has 3 rings (SSSR count). The van der Waals surface area contributed by atoms with Gasteiger partial charge in [0, 0.05) is 7.11 Å². The smallest absolute Gasteiger partial charge is 0.0931 e. The highest BCUT2D eigenvalue weighted by Gasteiger charge is 2.33. The van der Waals surface area contributed by atoms with Crippen LogP contribution in [0, 0.1) is 23.7 Å². The fraction of sp³-hybridized carbons (Fsp3) is 1.00. The Morgan fingerprint density at radius 2 is 1.48 bits per heavy atom. The van der Waals surface area contributed by atoms with E-state index >= 15 is 0 Å². The minimum absolute atomic E-state index is 0.200. The zero-order valence-electron chi connectivity index (χ0n) is 17.2. The first-order valence-corrected chi connectivity index (χ1v) is 11.4. The molecule has 3 fully saturated rings. The molecule has 0 heterocycles. The lowest BCUT2D eigenvalue weighted by atomic mass is 9.70. The molecule has 158 valence electrons. The van der Waals surface area contributed by atoms with E-state index in [0.717, 1.165) is 43.9 Å². The van der Waals surface area contributed by atoms with Crippen LogP contribution in [0.4, 0.5) is 0 Å². The Hall–Kier alpha value is -0.200. The third-order valence-electron chi connectivity index (χ3n) is 7.37. The van der Waals surface area contributed by atoms with Gasteiger partial charge < -0.3 is 4.74 Å². The number of ether oxygens (including phenoxy) is 1. The normalized spacial score (nSPS) is 36.0. The van der Waals surface area contributed by atoms with E-state index < -0.39 is 0 Å². The lowest BCUT2D eigenvalue weighted by Crippen LogP contribution is -2.33. The molecule has 3 unspecified atom stereocenters. The molecule has 5 heteroatoms. The van der Waals surface area contributed by atoms with Crippen LogP contribution >= 0.6 is 0 Å². The summed E-state index contributed by atoms with van der Waals surface area (Å²) in [6.45, 7) is 1.04. The van der Waals surface area contributed by atoms with Crippen LogP contribution in [-0.2, 0) is 19.4 Å². The van der Waals surface area contributed by atoms with E-state index in [4.69, 9.17) is 19.8 Å². The van der Waals surface area contributed by atoms with Crippen molar-refractivity contribution in [2.24, 2.45) is 23.7 Å². The quantitative estimate of drug-likeness (QED) is 0.427. The lowest BCUT2D eigenvalue weighted by Gasteiger charge is -2.37. The van der Waals surface area contributed by atoms with Crippen LogP contribution in [-0.4, -0.2) is 37.8 Å². The molecule has 0 aliphatic heterocycles. The van der Waals surface area contributed by atoms with Crippen LogP contribution in [0.3, 0.4) is 0 Å². The first kappa shape index (κ1) is 21.5. The second-order valence-electron chi connectivity index (χ2n) is 9.25. The van der Waals surface area contributed by atoms with Gasteiger partial charge in [-0.2, -0.15) is 0 Å². The highest BCUT2D eigenvalue weighted by atomic mass is 17.2. The molecule has 0 aromatic carbocycles. The van der Waals surface area contributed by atoms with E-state index in [2.05, 4.69) is 4.89 Å². The van der Waals surface area contributed by atoms with E-state index in [9.17, 15) is 0 Å². The van der Waals surface area contributed by atoms with Crippen molar-refractivity contribution in [2.45, 2.75) is 95.7 Å². The Morgan fingerprint density at radius 3 is 2.19 bits per heavy atom. The Kier molecular flexibility index (Phi) is 9.33. The van der Waals surface area contributed by atoms with Gasteiger partial charge in [-0.1, -0.05) is 38.5 Å². The van der Waals surface area contributed by atoms with Gasteiger partial charge in [-0.3, -0.25) is 5.26 Å². The fourth-order valence-electron chi connectivity index (χ4n) is 5.64. The summed E-state index contributed by atoms with van der Waals surface area (Å²) in [4.78, 5) is 16.0. The molecule has 5 nitrogen and oxygen atoms in total. The summed E-state index contributed by atoms with van der Waals surface area (Å²) in [6, 6.07) is 0. The minimum Gasteiger partial charge on any atom is -0.381 e. The average Bonchev–Trinajstić information content (AvgIpc) is 2.71. The van der Waals surface area contributed by atoms with Crippen molar-refractivity contribution in [3.8, 4) is 0 Å². The lowest BCUT2D eigenvalue weighted by molar-refractivity contribution is -0.341. The molecular formula is C22H40O5.